The van der Waals surface area contributed by atoms with E-state index in [-0.39, 0.29) is 11.7 Å². The molecule has 0 spiro atoms. The zero-order valence-electron chi connectivity index (χ0n) is 13.3. The summed E-state index contributed by atoms with van der Waals surface area (Å²) in [6.45, 7) is 6.73. The molecule has 1 atom stereocenters. The first-order valence-electron chi connectivity index (χ1n) is 7.70. The van der Waals surface area contributed by atoms with Crippen molar-refractivity contribution in [3.8, 4) is 0 Å². The average molecular weight is 322 g/mol. The number of aromatic nitrogens is 3. The quantitative estimate of drug-likeness (QED) is 0.928. The van der Waals surface area contributed by atoms with Gasteiger partial charge in [-0.2, -0.15) is 9.61 Å². The fourth-order valence-electron chi connectivity index (χ4n) is 2.87. The van der Waals surface area contributed by atoms with Crippen LogP contribution in [0.3, 0.4) is 0 Å². The Labute approximate surface area is 130 Å². The minimum atomic E-state index is -2.83. The summed E-state index contributed by atoms with van der Waals surface area (Å²) in [5.74, 6) is 1.66. The van der Waals surface area contributed by atoms with Gasteiger partial charge in [0.05, 0.1) is 17.2 Å². The molecular formula is C15H22N4O2S. The van der Waals surface area contributed by atoms with Crippen LogP contribution < -0.4 is 5.32 Å². The highest BCUT2D eigenvalue weighted by Gasteiger charge is 2.27. The Kier molecular flexibility index (Phi) is 3.84. The number of hydrogen-bond donors (Lipinski definition) is 1. The van der Waals surface area contributed by atoms with Gasteiger partial charge in [0.2, 0.25) is 0 Å². The van der Waals surface area contributed by atoms with Crippen molar-refractivity contribution in [2.75, 3.05) is 23.4 Å². The molecule has 0 bridgehead atoms. The molecule has 1 fully saturated rings. The second-order valence-electron chi connectivity index (χ2n) is 6.08. The van der Waals surface area contributed by atoms with Gasteiger partial charge < -0.3 is 5.32 Å². The summed E-state index contributed by atoms with van der Waals surface area (Å²) in [6.07, 6.45) is 1.59. The van der Waals surface area contributed by atoms with E-state index in [1.54, 1.807) is 0 Å². The minimum Gasteiger partial charge on any atom is -0.370 e. The molecule has 2 aromatic heterocycles. The average Bonchev–Trinajstić information content (AvgIpc) is 2.97. The smallest absolute Gasteiger partial charge is 0.160 e. The van der Waals surface area contributed by atoms with Gasteiger partial charge >= 0.3 is 0 Å². The third-order valence-corrected chi connectivity index (χ3v) is 6.21. The first-order valence-corrected chi connectivity index (χ1v) is 9.52. The number of rotatable bonds is 4. The van der Waals surface area contributed by atoms with Gasteiger partial charge in [-0.1, -0.05) is 6.92 Å². The second-order valence-corrected chi connectivity index (χ2v) is 8.31. The monoisotopic (exact) mass is 322 g/mol. The van der Waals surface area contributed by atoms with Crippen LogP contribution in [0.1, 0.15) is 30.3 Å². The molecule has 0 aliphatic carbocycles. The van der Waals surface area contributed by atoms with Crippen LogP contribution in [0.25, 0.3) is 5.65 Å². The molecule has 0 amide bonds. The van der Waals surface area contributed by atoms with Crippen molar-refractivity contribution in [3.63, 3.8) is 0 Å². The van der Waals surface area contributed by atoms with Crippen LogP contribution in [0.5, 0.6) is 0 Å². The van der Waals surface area contributed by atoms with Crippen LogP contribution >= 0.6 is 0 Å². The van der Waals surface area contributed by atoms with Crippen LogP contribution in [0, 0.1) is 19.8 Å². The van der Waals surface area contributed by atoms with Crippen molar-refractivity contribution in [2.24, 2.45) is 5.92 Å². The number of hydrogen-bond acceptors (Lipinski definition) is 5. The van der Waals surface area contributed by atoms with Gasteiger partial charge in [0.15, 0.2) is 15.5 Å². The predicted molar refractivity (Wildman–Crippen MR) is 87.1 cm³/mol. The highest BCUT2D eigenvalue weighted by Crippen LogP contribution is 2.22. The van der Waals surface area contributed by atoms with E-state index < -0.39 is 9.84 Å². The molecule has 1 aliphatic heterocycles. The molecule has 22 heavy (non-hydrogen) atoms. The number of nitrogens with one attached hydrogen (secondary N) is 1. The van der Waals surface area contributed by atoms with Gasteiger partial charge in [-0.15, -0.1) is 0 Å². The second kappa shape index (κ2) is 5.53. The molecule has 1 aliphatic rings. The number of fused-ring (bicyclic) bond motifs is 1. The Bertz CT molecular complexity index is 811. The van der Waals surface area contributed by atoms with E-state index in [0.29, 0.717) is 12.3 Å². The SMILES string of the molecule is CCc1cc(NC[C@@H]2CCS(=O)(=O)C2)n2nc(C)c(C)c2n1. The molecule has 120 valence electrons. The molecule has 6 nitrogen and oxygen atoms in total. The summed E-state index contributed by atoms with van der Waals surface area (Å²) in [5.41, 5.74) is 3.93. The first-order chi connectivity index (χ1) is 10.4. The Hall–Kier alpha value is -1.63. The van der Waals surface area contributed by atoms with E-state index in [4.69, 9.17) is 0 Å². The molecule has 1 saturated heterocycles. The van der Waals surface area contributed by atoms with Gasteiger partial charge in [0.1, 0.15) is 5.82 Å². The largest absolute Gasteiger partial charge is 0.370 e. The molecule has 1 N–H and O–H groups in total. The fourth-order valence-corrected chi connectivity index (χ4v) is 4.73. The third-order valence-electron chi connectivity index (χ3n) is 4.37. The zero-order chi connectivity index (χ0) is 15.9. The van der Waals surface area contributed by atoms with Gasteiger partial charge in [0.25, 0.3) is 0 Å². The van der Waals surface area contributed by atoms with Gasteiger partial charge in [-0.25, -0.2) is 13.4 Å². The Morgan fingerprint density at radius 3 is 2.82 bits per heavy atom. The summed E-state index contributed by atoms with van der Waals surface area (Å²) in [7, 11) is -2.83. The summed E-state index contributed by atoms with van der Waals surface area (Å²) in [4.78, 5) is 4.64. The maximum atomic E-state index is 11.6. The molecule has 3 heterocycles. The lowest BCUT2D eigenvalue weighted by Crippen LogP contribution is -2.17. The minimum absolute atomic E-state index is 0.177. The predicted octanol–water partition coefficient (Wildman–Crippen LogP) is 1.76. The van der Waals surface area contributed by atoms with Crippen LogP contribution in [0.15, 0.2) is 6.07 Å². The maximum Gasteiger partial charge on any atom is 0.160 e. The summed E-state index contributed by atoms with van der Waals surface area (Å²) in [6, 6.07) is 2.00. The molecule has 0 aromatic carbocycles. The number of sulfone groups is 1. The van der Waals surface area contributed by atoms with E-state index in [9.17, 15) is 8.42 Å². The molecule has 0 radical (unpaired) electrons. The van der Waals surface area contributed by atoms with E-state index >= 15 is 0 Å². The molecule has 2 aromatic rings. The summed E-state index contributed by atoms with van der Waals surface area (Å²) in [5, 5.41) is 7.91. The standard InChI is InChI=1S/C15H22N4O2S/c1-4-13-7-14(16-8-12-5-6-22(20,21)9-12)19-15(17-13)10(2)11(3)18-19/h7,12,16H,4-6,8-9H2,1-3H3/t12-/m0/s1. The number of nitrogens with zero attached hydrogens (tertiary/aromatic N) is 3. The molecule has 0 saturated carbocycles. The van der Waals surface area contributed by atoms with Crippen LogP contribution in [-0.2, 0) is 16.3 Å². The molecule has 0 unspecified atom stereocenters. The lowest BCUT2D eigenvalue weighted by Gasteiger charge is -2.13. The Balaban J connectivity index is 1.88. The van der Waals surface area contributed by atoms with E-state index in [1.807, 2.05) is 24.4 Å². The lowest BCUT2D eigenvalue weighted by atomic mass is 10.1. The van der Waals surface area contributed by atoms with Crippen molar-refractivity contribution in [1.29, 1.82) is 0 Å². The summed E-state index contributed by atoms with van der Waals surface area (Å²) >= 11 is 0. The van der Waals surface area contributed by atoms with E-state index in [1.165, 1.54) is 0 Å². The van der Waals surface area contributed by atoms with Crippen molar-refractivity contribution >= 4 is 21.3 Å². The third kappa shape index (κ3) is 2.82. The normalized spacial score (nSPS) is 20.6. The van der Waals surface area contributed by atoms with Crippen molar-refractivity contribution in [3.05, 3.63) is 23.0 Å². The maximum absolute atomic E-state index is 11.6. The zero-order valence-corrected chi connectivity index (χ0v) is 14.1. The fraction of sp³-hybridized carbons (Fsp3) is 0.600. The molecule has 3 rings (SSSR count). The highest BCUT2D eigenvalue weighted by atomic mass is 32.2. The topological polar surface area (TPSA) is 76.4 Å². The number of anilines is 1. The van der Waals surface area contributed by atoms with Crippen LogP contribution in [-0.4, -0.2) is 41.1 Å². The van der Waals surface area contributed by atoms with Crippen molar-refractivity contribution < 1.29 is 8.42 Å². The van der Waals surface area contributed by atoms with Gasteiger partial charge in [-0.05, 0) is 32.6 Å². The van der Waals surface area contributed by atoms with Crippen molar-refractivity contribution in [1.82, 2.24) is 14.6 Å². The van der Waals surface area contributed by atoms with Crippen LogP contribution in [0.2, 0.25) is 0 Å². The van der Waals surface area contributed by atoms with E-state index in [2.05, 4.69) is 22.3 Å². The van der Waals surface area contributed by atoms with Crippen LogP contribution in [0.4, 0.5) is 5.82 Å². The van der Waals surface area contributed by atoms with Gasteiger partial charge in [-0.3, -0.25) is 0 Å². The number of aryl methyl sites for hydroxylation is 3. The Morgan fingerprint density at radius 2 is 2.18 bits per heavy atom. The highest BCUT2D eigenvalue weighted by molar-refractivity contribution is 7.91. The van der Waals surface area contributed by atoms with Crippen molar-refractivity contribution in [2.45, 2.75) is 33.6 Å². The van der Waals surface area contributed by atoms with Gasteiger partial charge in [0, 0.05) is 23.9 Å². The molecule has 7 heteroatoms. The summed E-state index contributed by atoms with van der Waals surface area (Å²) < 4.78 is 24.9. The molecular weight excluding hydrogens is 300 g/mol. The lowest BCUT2D eigenvalue weighted by molar-refractivity contribution is 0.595. The first kappa shape index (κ1) is 15.3. The Morgan fingerprint density at radius 1 is 1.41 bits per heavy atom. The van der Waals surface area contributed by atoms with E-state index in [0.717, 1.165) is 41.3 Å².